The number of aryl methyl sites for hydroxylation is 2. The molecule has 4 rings (SSSR count). The van der Waals surface area contributed by atoms with E-state index in [4.69, 9.17) is 5.73 Å². The maximum absolute atomic E-state index is 12.1. The number of aromatic hydroxyl groups is 1. The van der Waals surface area contributed by atoms with E-state index in [1.165, 1.54) is 0 Å². The summed E-state index contributed by atoms with van der Waals surface area (Å²) in [5.41, 5.74) is 11.3. The number of hydrogen-bond acceptors (Lipinski definition) is 5. The number of hydrogen-bond donors (Lipinski definition) is 4. The Labute approximate surface area is 179 Å². The number of nitrogens with one attached hydrogen (secondary N) is 2. The number of carbonyl (C=O) groups excluding carboxylic acids is 1. The molecule has 0 atom stereocenters. The molecule has 2 aromatic heterocycles. The third kappa shape index (κ3) is 4.28. The molecule has 0 radical (unpaired) electrons. The summed E-state index contributed by atoms with van der Waals surface area (Å²) in [5.74, 6) is 0.169. The fourth-order valence-corrected chi connectivity index (χ4v) is 3.63. The summed E-state index contributed by atoms with van der Waals surface area (Å²) in [7, 11) is 0. The summed E-state index contributed by atoms with van der Waals surface area (Å²) in [6.45, 7) is 4.16. The Hall–Kier alpha value is -4.07. The number of imidazole rings is 1. The van der Waals surface area contributed by atoms with Gasteiger partial charge in [0.25, 0.3) is 5.91 Å². The van der Waals surface area contributed by atoms with Crippen molar-refractivity contribution in [3.63, 3.8) is 0 Å². The monoisotopic (exact) mass is 416 g/mol. The molecule has 0 aliphatic rings. The fourth-order valence-electron chi connectivity index (χ4n) is 3.63. The third-order valence-corrected chi connectivity index (χ3v) is 5.22. The summed E-state index contributed by atoms with van der Waals surface area (Å²) >= 11 is 0. The van der Waals surface area contributed by atoms with Crippen LogP contribution in [-0.4, -0.2) is 30.8 Å². The largest absolute Gasteiger partial charge is 0.507 e. The zero-order chi connectivity index (χ0) is 22.0. The van der Waals surface area contributed by atoms with Crippen LogP contribution in [0.5, 0.6) is 5.75 Å². The van der Waals surface area contributed by atoms with Crippen molar-refractivity contribution in [2.75, 3.05) is 5.32 Å². The smallest absolute Gasteiger partial charge is 0.254 e. The second kappa shape index (κ2) is 8.35. The number of phenols is 1. The minimum absolute atomic E-state index is 0.294. The fraction of sp³-hybridized carbons (Fsp3) is 0.174. The highest BCUT2D eigenvalue weighted by Gasteiger charge is 2.18. The Morgan fingerprint density at radius 1 is 1.16 bits per heavy atom. The summed E-state index contributed by atoms with van der Waals surface area (Å²) in [4.78, 5) is 16.2. The van der Waals surface area contributed by atoms with E-state index in [1.54, 1.807) is 12.5 Å². The van der Waals surface area contributed by atoms with Crippen LogP contribution in [0.4, 0.5) is 5.82 Å². The van der Waals surface area contributed by atoms with E-state index < -0.39 is 5.91 Å². The second-order valence-corrected chi connectivity index (χ2v) is 7.53. The molecule has 5 N–H and O–H groups in total. The molecule has 2 aromatic carbocycles. The topological polar surface area (TPSA) is 122 Å². The van der Waals surface area contributed by atoms with Crippen LogP contribution in [0.15, 0.2) is 55.1 Å². The maximum atomic E-state index is 12.1. The van der Waals surface area contributed by atoms with Crippen molar-refractivity contribution in [3.8, 4) is 11.4 Å². The van der Waals surface area contributed by atoms with Crippen LogP contribution >= 0.6 is 0 Å². The summed E-state index contributed by atoms with van der Waals surface area (Å²) < 4.78 is 1.92. The molecular formula is C23H24N6O2. The van der Waals surface area contributed by atoms with Gasteiger partial charge in [0.2, 0.25) is 0 Å². The van der Waals surface area contributed by atoms with Crippen molar-refractivity contribution in [3.05, 3.63) is 88.6 Å². The lowest BCUT2D eigenvalue weighted by Gasteiger charge is -2.10. The van der Waals surface area contributed by atoms with E-state index in [2.05, 4.69) is 20.5 Å². The first-order valence-electron chi connectivity index (χ1n) is 9.89. The molecule has 0 saturated carbocycles. The van der Waals surface area contributed by atoms with Crippen molar-refractivity contribution in [2.24, 2.45) is 5.73 Å². The van der Waals surface area contributed by atoms with Gasteiger partial charge in [0.05, 0.1) is 12.0 Å². The first kappa shape index (κ1) is 20.2. The molecule has 0 bridgehead atoms. The van der Waals surface area contributed by atoms with Crippen LogP contribution in [0.3, 0.4) is 0 Å². The van der Waals surface area contributed by atoms with E-state index in [9.17, 15) is 9.90 Å². The summed E-state index contributed by atoms with van der Waals surface area (Å²) in [6.07, 6.45) is 5.84. The average Bonchev–Trinajstić information content (AvgIpc) is 3.41. The number of carbonyl (C=O) groups is 1. The lowest BCUT2D eigenvalue weighted by Crippen LogP contribution is -2.15. The zero-order valence-electron chi connectivity index (χ0n) is 17.4. The molecule has 8 nitrogen and oxygen atoms in total. The predicted octanol–water partition coefficient (Wildman–Crippen LogP) is 3.22. The standard InChI is InChI=1S/C23H24N6O2/c1-14-9-17(10-15(2)21(14)30)12-26-23-20(22(24)31)19(27-28-23)11-16-3-5-18(6-4-16)29-8-7-25-13-29/h3-10,13,30H,11-12H2,1-2H3,(H2,24,31)(H2,26,27,28). The van der Waals surface area contributed by atoms with E-state index in [0.717, 1.165) is 27.9 Å². The minimum atomic E-state index is -0.542. The van der Waals surface area contributed by atoms with Crippen LogP contribution in [0, 0.1) is 13.8 Å². The van der Waals surface area contributed by atoms with E-state index in [0.29, 0.717) is 35.8 Å². The number of anilines is 1. The molecule has 0 saturated heterocycles. The van der Waals surface area contributed by atoms with Gasteiger partial charge < -0.3 is 20.7 Å². The Bertz CT molecular complexity index is 1190. The van der Waals surface area contributed by atoms with Gasteiger partial charge in [-0.25, -0.2) is 4.98 Å². The van der Waals surface area contributed by atoms with Crippen LogP contribution in [0.25, 0.3) is 5.69 Å². The number of nitrogens with two attached hydrogens (primary N) is 1. The van der Waals surface area contributed by atoms with Crippen LogP contribution in [0.2, 0.25) is 0 Å². The molecule has 0 fully saturated rings. The van der Waals surface area contributed by atoms with Gasteiger partial charge in [-0.3, -0.25) is 9.89 Å². The third-order valence-electron chi connectivity index (χ3n) is 5.22. The van der Waals surface area contributed by atoms with Gasteiger partial charge in [0, 0.05) is 31.0 Å². The molecule has 4 aromatic rings. The lowest BCUT2D eigenvalue weighted by atomic mass is 10.0. The van der Waals surface area contributed by atoms with Crippen molar-refractivity contribution < 1.29 is 9.90 Å². The number of phenolic OH excluding ortho intramolecular Hbond substituents is 1. The average molecular weight is 416 g/mol. The Kier molecular flexibility index (Phi) is 5.44. The van der Waals surface area contributed by atoms with E-state index >= 15 is 0 Å². The Morgan fingerprint density at radius 3 is 2.48 bits per heavy atom. The van der Waals surface area contributed by atoms with Crippen molar-refractivity contribution in [1.29, 1.82) is 0 Å². The van der Waals surface area contributed by atoms with E-state index in [1.807, 2.05) is 61.0 Å². The number of H-pyrrole nitrogens is 1. The van der Waals surface area contributed by atoms with Gasteiger partial charge in [0.1, 0.15) is 11.3 Å². The van der Waals surface area contributed by atoms with Gasteiger partial charge in [0.15, 0.2) is 5.82 Å². The van der Waals surface area contributed by atoms with E-state index in [-0.39, 0.29) is 0 Å². The molecule has 158 valence electrons. The van der Waals surface area contributed by atoms with Crippen LogP contribution in [0.1, 0.15) is 38.3 Å². The van der Waals surface area contributed by atoms with Gasteiger partial charge in [-0.05, 0) is 48.2 Å². The summed E-state index contributed by atoms with van der Waals surface area (Å²) in [5, 5.41) is 20.3. The van der Waals surface area contributed by atoms with Gasteiger partial charge in [-0.1, -0.05) is 24.3 Å². The number of primary amides is 1. The number of rotatable bonds is 7. The number of benzene rings is 2. The second-order valence-electron chi connectivity index (χ2n) is 7.53. The van der Waals surface area contributed by atoms with Crippen LogP contribution < -0.4 is 11.1 Å². The number of aromatic amines is 1. The molecule has 0 spiro atoms. The molecule has 0 aliphatic carbocycles. The first-order valence-corrected chi connectivity index (χ1v) is 9.89. The SMILES string of the molecule is Cc1cc(CNc2n[nH]c(Cc3ccc(-n4ccnc4)cc3)c2C(N)=O)cc(C)c1O. The highest BCUT2D eigenvalue weighted by molar-refractivity contribution is 5.99. The predicted molar refractivity (Wildman–Crippen MR) is 118 cm³/mol. The van der Waals surface area contributed by atoms with Crippen LogP contribution in [-0.2, 0) is 13.0 Å². The zero-order valence-corrected chi connectivity index (χ0v) is 17.4. The van der Waals surface area contributed by atoms with Crippen molar-refractivity contribution >= 4 is 11.7 Å². The molecule has 31 heavy (non-hydrogen) atoms. The molecule has 1 amide bonds. The first-order chi connectivity index (χ1) is 14.9. The molecule has 0 aliphatic heterocycles. The van der Waals surface area contributed by atoms with Gasteiger partial charge in [-0.15, -0.1) is 0 Å². The normalized spacial score (nSPS) is 10.9. The minimum Gasteiger partial charge on any atom is -0.507 e. The quantitative estimate of drug-likeness (QED) is 0.368. The van der Waals surface area contributed by atoms with Gasteiger partial charge in [-0.2, -0.15) is 5.10 Å². The lowest BCUT2D eigenvalue weighted by molar-refractivity contribution is 0.100. The number of aromatic nitrogens is 4. The molecule has 0 unspecified atom stereocenters. The highest BCUT2D eigenvalue weighted by Crippen LogP contribution is 2.25. The highest BCUT2D eigenvalue weighted by atomic mass is 16.3. The van der Waals surface area contributed by atoms with Gasteiger partial charge >= 0.3 is 0 Å². The molecule has 8 heteroatoms. The van der Waals surface area contributed by atoms with Crippen molar-refractivity contribution in [1.82, 2.24) is 19.7 Å². The maximum Gasteiger partial charge on any atom is 0.254 e. The summed E-state index contributed by atoms with van der Waals surface area (Å²) in [6, 6.07) is 11.8. The molecular weight excluding hydrogens is 392 g/mol. The Morgan fingerprint density at radius 2 is 1.87 bits per heavy atom. The number of nitrogens with zero attached hydrogens (tertiary/aromatic N) is 3. The number of amides is 1. The van der Waals surface area contributed by atoms with Crippen molar-refractivity contribution in [2.45, 2.75) is 26.8 Å². The Balaban J connectivity index is 1.51. The molecule has 2 heterocycles.